The lowest BCUT2D eigenvalue weighted by Crippen LogP contribution is -2.39. The monoisotopic (exact) mass is 390 g/mol. The van der Waals surface area contributed by atoms with E-state index in [9.17, 15) is 4.79 Å². The highest BCUT2D eigenvalue weighted by atomic mass is 35.5. The molecule has 144 valence electrons. The number of ether oxygens (including phenoxy) is 1. The van der Waals surface area contributed by atoms with Crippen LogP contribution in [0.15, 0.2) is 46.0 Å². The lowest BCUT2D eigenvalue weighted by atomic mass is 10.1. The van der Waals surface area contributed by atoms with E-state index in [1.807, 2.05) is 38.1 Å². The van der Waals surface area contributed by atoms with E-state index in [4.69, 9.17) is 25.6 Å². The summed E-state index contributed by atoms with van der Waals surface area (Å²) in [5, 5.41) is 4.41. The fraction of sp³-hybridized carbons (Fsp3) is 0.400. The summed E-state index contributed by atoms with van der Waals surface area (Å²) in [7, 11) is 1.63. The molecule has 0 spiro atoms. The summed E-state index contributed by atoms with van der Waals surface area (Å²) >= 11 is 5.83. The van der Waals surface area contributed by atoms with Crippen LogP contribution in [0.2, 0.25) is 5.22 Å². The molecule has 0 fully saturated rings. The maximum absolute atomic E-state index is 12.7. The predicted octanol–water partition coefficient (Wildman–Crippen LogP) is 4.12. The highest BCUT2D eigenvalue weighted by Gasteiger charge is 2.29. The summed E-state index contributed by atoms with van der Waals surface area (Å²) in [6.07, 6.45) is 0.335. The number of halogens is 1. The Labute approximate surface area is 163 Å². The fourth-order valence-corrected chi connectivity index (χ4v) is 3.12. The molecule has 0 radical (unpaired) electrons. The fourth-order valence-electron chi connectivity index (χ4n) is 2.98. The number of carbonyl (C=O) groups is 1. The normalized spacial score (nSPS) is 16.2. The molecule has 0 aliphatic carbocycles. The Balaban J connectivity index is 1.68. The van der Waals surface area contributed by atoms with Crippen LogP contribution < -0.4 is 4.74 Å². The predicted molar refractivity (Wildman–Crippen MR) is 103 cm³/mol. The third kappa shape index (κ3) is 4.83. The van der Waals surface area contributed by atoms with Crippen molar-refractivity contribution in [2.45, 2.75) is 32.9 Å². The van der Waals surface area contributed by atoms with Crippen LogP contribution >= 0.6 is 11.6 Å². The minimum absolute atomic E-state index is 0.0657. The van der Waals surface area contributed by atoms with Crippen molar-refractivity contribution in [3.05, 3.63) is 52.9 Å². The molecule has 2 aromatic rings. The van der Waals surface area contributed by atoms with Crippen molar-refractivity contribution in [3.8, 4) is 5.75 Å². The van der Waals surface area contributed by atoms with Gasteiger partial charge in [-0.1, -0.05) is 31.1 Å². The number of furan rings is 1. The van der Waals surface area contributed by atoms with Crippen LogP contribution in [0.25, 0.3) is 0 Å². The molecule has 0 saturated carbocycles. The first kappa shape index (κ1) is 19.3. The molecule has 27 heavy (non-hydrogen) atoms. The SMILES string of the molecule is COc1cccc(CN(CC2CC(c3ccc(Cl)o3)=NO2)C(=O)C(C)C)c1. The van der Waals surface area contributed by atoms with Crippen molar-refractivity contribution in [2.24, 2.45) is 11.1 Å². The van der Waals surface area contributed by atoms with Gasteiger partial charge in [0.2, 0.25) is 5.91 Å². The number of carbonyl (C=O) groups excluding carboxylic acids is 1. The van der Waals surface area contributed by atoms with Gasteiger partial charge in [-0.05, 0) is 41.4 Å². The number of amides is 1. The zero-order valence-corrected chi connectivity index (χ0v) is 16.4. The van der Waals surface area contributed by atoms with Gasteiger partial charge in [0.05, 0.1) is 13.7 Å². The second-order valence-corrected chi connectivity index (χ2v) is 7.17. The van der Waals surface area contributed by atoms with Gasteiger partial charge in [-0.3, -0.25) is 4.79 Å². The Bertz CT molecular complexity index is 831. The molecule has 1 aromatic heterocycles. The van der Waals surface area contributed by atoms with Gasteiger partial charge in [-0.15, -0.1) is 0 Å². The Morgan fingerprint density at radius 2 is 2.19 bits per heavy atom. The van der Waals surface area contributed by atoms with Crippen LogP contribution in [-0.2, 0) is 16.2 Å². The molecule has 0 saturated heterocycles. The molecule has 0 N–H and O–H groups in total. The van der Waals surface area contributed by atoms with Gasteiger partial charge in [-0.25, -0.2) is 0 Å². The van der Waals surface area contributed by atoms with Crippen molar-refractivity contribution >= 4 is 23.2 Å². The quantitative estimate of drug-likeness (QED) is 0.713. The standard InChI is InChI=1S/C20H23ClN2O4/c1-13(2)20(24)23(11-14-5-4-6-15(9-14)25-3)12-16-10-17(22-27-16)18-7-8-19(21)26-18/h4-9,13,16H,10-12H2,1-3H3. The first-order chi connectivity index (χ1) is 13.0. The summed E-state index contributed by atoms with van der Waals surface area (Å²) in [5.74, 6) is 1.32. The van der Waals surface area contributed by atoms with Crippen molar-refractivity contribution in [1.82, 2.24) is 4.90 Å². The molecule has 1 unspecified atom stereocenters. The van der Waals surface area contributed by atoms with Crippen molar-refractivity contribution < 1.29 is 18.8 Å². The Morgan fingerprint density at radius 3 is 2.85 bits per heavy atom. The summed E-state index contributed by atoms with van der Waals surface area (Å²) in [6, 6.07) is 11.1. The van der Waals surface area contributed by atoms with Crippen LogP contribution in [0.3, 0.4) is 0 Å². The summed E-state index contributed by atoms with van der Waals surface area (Å²) in [6.45, 7) is 4.71. The van der Waals surface area contributed by atoms with E-state index < -0.39 is 0 Å². The molecule has 1 aliphatic rings. The largest absolute Gasteiger partial charge is 0.497 e. The van der Waals surface area contributed by atoms with Gasteiger partial charge >= 0.3 is 0 Å². The molecule has 1 aliphatic heterocycles. The Kier molecular flexibility index (Phi) is 6.06. The molecule has 1 amide bonds. The third-order valence-electron chi connectivity index (χ3n) is 4.33. The molecule has 1 atom stereocenters. The first-order valence-corrected chi connectivity index (χ1v) is 9.24. The third-order valence-corrected chi connectivity index (χ3v) is 4.53. The molecule has 3 rings (SSSR count). The maximum Gasteiger partial charge on any atom is 0.225 e. The number of nitrogens with zero attached hydrogens (tertiary/aromatic N) is 2. The molecule has 1 aromatic carbocycles. The number of oxime groups is 1. The molecule has 7 heteroatoms. The van der Waals surface area contributed by atoms with Gasteiger partial charge in [-0.2, -0.15) is 0 Å². The smallest absolute Gasteiger partial charge is 0.225 e. The van der Waals surface area contributed by atoms with Crippen LogP contribution in [-0.4, -0.2) is 36.3 Å². The number of hydrogen-bond donors (Lipinski definition) is 0. The minimum atomic E-state index is -0.225. The summed E-state index contributed by atoms with van der Waals surface area (Å²) < 4.78 is 10.7. The number of benzene rings is 1. The van der Waals surface area contributed by atoms with E-state index in [-0.39, 0.29) is 17.9 Å². The minimum Gasteiger partial charge on any atom is -0.497 e. The zero-order chi connectivity index (χ0) is 19.4. The first-order valence-electron chi connectivity index (χ1n) is 8.86. The van der Waals surface area contributed by atoms with E-state index >= 15 is 0 Å². The topological polar surface area (TPSA) is 64.3 Å². The van der Waals surface area contributed by atoms with E-state index in [0.717, 1.165) is 11.3 Å². The number of hydrogen-bond acceptors (Lipinski definition) is 5. The van der Waals surface area contributed by atoms with Gasteiger partial charge in [0.25, 0.3) is 0 Å². The van der Waals surface area contributed by atoms with Crippen molar-refractivity contribution in [2.75, 3.05) is 13.7 Å². The highest BCUT2D eigenvalue weighted by molar-refractivity contribution is 6.29. The van der Waals surface area contributed by atoms with Crippen LogP contribution in [0.1, 0.15) is 31.6 Å². The van der Waals surface area contributed by atoms with E-state index in [1.165, 1.54) is 0 Å². The lowest BCUT2D eigenvalue weighted by Gasteiger charge is -2.26. The average Bonchev–Trinajstić information content (AvgIpc) is 3.29. The molecule has 6 nitrogen and oxygen atoms in total. The highest BCUT2D eigenvalue weighted by Crippen LogP contribution is 2.23. The van der Waals surface area contributed by atoms with E-state index in [0.29, 0.717) is 36.2 Å². The Hall–Kier alpha value is -2.47. The Morgan fingerprint density at radius 1 is 1.37 bits per heavy atom. The summed E-state index contributed by atoms with van der Waals surface area (Å²) in [4.78, 5) is 20.1. The van der Waals surface area contributed by atoms with Gasteiger partial charge in [0.1, 0.15) is 11.5 Å². The zero-order valence-electron chi connectivity index (χ0n) is 15.6. The van der Waals surface area contributed by atoms with Gasteiger partial charge in [0.15, 0.2) is 17.1 Å². The van der Waals surface area contributed by atoms with Crippen molar-refractivity contribution in [1.29, 1.82) is 0 Å². The van der Waals surface area contributed by atoms with Crippen LogP contribution in [0, 0.1) is 5.92 Å². The second kappa shape index (κ2) is 8.48. The lowest BCUT2D eigenvalue weighted by molar-refractivity contribution is -0.136. The van der Waals surface area contributed by atoms with Crippen molar-refractivity contribution in [3.63, 3.8) is 0 Å². The van der Waals surface area contributed by atoms with Gasteiger partial charge in [0, 0.05) is 18.9 Å². The number of methoxy groups -OCH3 is 1. The molecular formula is C20H23ClN2O4. The van der Waals surface area contributed by atoms with E-state index in [1.54, 1.807) is 24.1 Å². The van der Waals surface area contributed by atoms with Crippen LogP contribution in [0.5, 0.6) is 5.75 Å². The molecular weight excluding hydrogens is 368 g/mol. The molecule has 0 bridgehead atoms. The average molecular weight is 391 g/mol. The van der Waals surface area contributed by atoms with Crippen LogP contribution in [0.4, 0.5) is 0 Å². The van der Waals surface area contributed by atoms with Gasteiger partial charge < -0.3 is 18.9 Å². The second-order valence-electron chi connectivity index (χ2n) is 6.80. The number of rotatable bonds is 7. The summed E-state index contributed by atoms with van der Waals surface area (Å²) in [5.41, 5.74) is 1.70. The molecule has 2 heterocycles. The maximum atomic E-state index is 12.7. The van der Waals surface area contributed by atoms with E-state index in [2.05, 4.69) is 5.16 Å².